The summed E-state index contributed by atoms with van der Waals surface area (Å²) in [6.45, 7) is 3.25. The van der Waals surface area contributed by atoms with E-state index in [2.05, 4.69) is 19.7 Å². The zero-order valence-corrected chi connectivity index (χ0v) is 11.7. The average molecular weight is 291 g/mol. The van der Waals surface area contributed by atoms with Gasteiger partial charge in [-0.25, -0.2) is 14.8 Å². The summed E-state index contributed by atoms with van der Waals surface area (Å²) < 4.78 is 9.71. The number of hydrogen-bond donors (Lipinski definition) is 1. The highest BCUT2D eigenvalue weighted by Crippen LogP contribution is 2.24. The van der Waals surface area contributed by atoms with E-state index in [9.17, 15) is 14.4 Å². The minimum absolute atomic E-state index is 0.103. The second-order valence-electron chi connectivity index (χ2n) is 4.48. The first-order valence-corrected chi connectivity index (χ1v) is 6.12. The third-order valence-electron chi connectivity index (χ3n) is 2.66. The van der Waals surface area contributed by atoms with Crippen molar-refractivity contribution in [2.24, 2.45) is 5.92 Å². The molecule has 2 aromatic heterocycles. The van der Waals surface area contributed by atoms with Crippen molar-refractivity contribution in [1.29, 1.82) is 0 Å². The number of nitrogens with one attached hydrogen (secondary N) is 1. The maximum absolute atomic E-state index is 12.0. The summed E-state index contributed by atoms with van der Waals surface area (Å²) >= 11 is 0. The van der Waals surface area contributed by atoms with E-state index in [-0.39, 0.29) is 16.9 Å². The van der Waals surface area contributed by atoms with E-state index in [1.54, 1.807) is 13.8 Å². The van der Waals surface area contributed by atoms with Crippen molar-refractivity contribution in [2.45, 2.75) is 13.8 Å². The summed E-state index contributed by atoms with van der Waals surface area (Å²) in [6.07, 6.45) is 2.72. The fraction of sp³-hybridized carbons (Fsp3) is 0.308. The van der Waals surface area contributed by atoms with Crippen molar-refractivity contribution in [2.75, 3.05) is 7.11 Å². The SMILES string of the molecule is COC(=O)c1c(OC(=O)C(C)C)c2nccnc2[nH]c1=O. The van der Waals surface area contributed by atoms with E-state index in [0.29, 0.717) is 0 Å². The quantitative estimate of drug-likeness (QED) is 0.827. The van der Waals surface area contributed by atoms with Crippen LogP contribution in [0.1, 0.15) is 24.2 Å². The maximum Gasteiger partial charge on any atom is 0.347 e. The lowest BCUT2D eigenvalue weighted by atomic mass is 10.2. The number of pyridine rings is 1. The molecular formula is C13H13N3O5. The van der Waals surface area contributed by atoms with Gasteiger partial charge in [-0.15, -0.1) is 0 Å². The molecule has 0 saturated heterocycles. The largest absolute Gasteiger partial charge is 0.465 e. The highest BCUT2D eigenvalue weighted by molar-refractivity contribution is 5.98. The normalized spacial score (nSPS) is 10.7. The lowest BCUT2D eigenvalue weighted by Gasteiger charge is -2.11. The third-order valence-corrected chi connectivity index (χ3v) is 2.66. The topological polar surface area (TPSA) is 111 Å². The number of aromatic nitrogens is 3. The smallest absolute Gasteiger partial charge is 0.347 e. The number of fused-ring (bicyclic) bond motifs is 1. The van der Waals surface area contributed by atoms with Crippen LogP contribution in [0, 0.1) is 5.92 Å². The second-order valence-corrected chi connectivity index (χ2v) is 4.48. The van der Waals surface area contributed by atoms with Crippen LogP contribution in [0.25, 0.3) is 11.2 Å². The fourth-order valence-electron chi connectivity index (χ4n) is 1.59. The van der Waals surface area contributed by atoms with Gasteiger partial charge in [0.1, 0.15) is 5.52 Å². The van der Waals surface area contributed by atoms with Crippen molar-refractivity contribution in [3.05, 3.63) is 28.3 Å². The predicted octanol–water partition coefficient (Wildman–Crippen LogP) is 0.666. The van der Waals surface area contributed by atoms with Gasteiger partial charge in [-0.3, -0.25) is 9.59 Å². The summed E-state index contributed by atoms with van der Waals surface area (Å²) in [5.41, 5.74) is -0.964. The van der Waals surface area contributed by atoms with E-state index in [1.165, 1.54) is 12.4 Å². The van der Waals surface area contributed by atoms with E-state index >= 15 is 0 Å². The average Bonchev–Trinajstić information content (AvgIpc) is 2.46. The van der Waals surface area contributed by atoms with Gasteiger partial charge in [0.15, 0.2) is 17.0 Å². The summed E-state index contributed by atoms with van der Waals surface area (Å²) in [5, 5.41) is 0. The Morgan fingerprint density at radius 2 is 1.90 bits per heavy atom. The van der Waals surface area contributed by atoms with Crippen LogP contribution in [0.5, 0.6) is 5.75 Å². The minimum Gasteiger partial charge on any atom is -0.465 e. The lowest BCUT2D eigenvalue weighted by Crippen LogP contribution is -2.24. The molecule has 0 radical (unpaired) electrons. The number of nitrogens with zero attached hydrogens (tertiary/aromatic N) is 2. The molecular weight excluding hydrogens is 278 g/mol. The second kappa shape index (κ2) is 5.70. The van der Waals surface area contributed by atoms with Crippen LogP contribution in [0.4, 0.5) is 0 Å². The Bertz CT molecular complexity index is 766. The molecule has 0 amide bonds. The molecule has 0 aliphatic carbocycles. The van der Waals surface area contributed by atoms with Crippen LogP contribution in [0.3, 0.4) is 0 Å². The molecule has 0 atom stereocenters. The van der Waals surface area contributed by atoms with Crippen molar-refractivity contribution in [1.82, 2.24) is 15.0 Å². The Kier molecular flexibility index (Phi) is 3.97. The predicted molar refractivity (Wildman–Crippen MR) is 72.0 cm³/mol. The first-order valence-electron chi connectivity index (χ1n) is 6.12. The van der Waals surface area contributed by atoms with Gasteiger partial charge in [-0.05, 0) is 0 Å². The third kappa shape index (κ3) is 2.73. The van der Waals surface area contributed by atoms with Gasteiger partial charge in [0.2, 0.25) is 0 Å². The first-order chi connectivity index (χ1) is 9.95. The molecule has 0 saturated carbocycles. The van der Waals surface area contributed by atoms with Crippen LogP contribution in [0.15, 0.2) is 17.2 Å². The molecule has 0 spiro atoms. The van der Waals surface area contributed by atoms with Crippen LogP contribution >= 0.6 is 0 Å². The summed E-state index contributed by atoms with van der Waals surface area (Å²) in [7, 11) is 1.12. The highest BCUT2D eigenvalue weighted by Gasteiger charge is 2.25. The zero-order chi connectivity index (χ0) is 15.6. The van der Waals surface area contributed by atoms with E-state index in [0.717, 1.165) is 7.11 Å². The highest BCUT2D eigenvalue weighted by atomic mass is 16.5. The number of hydrogen-bond acceptors (Lipinski definition) is 7. The molecule has 0 aliphatic rings. The molecule has 2 aromatic rings. The summed E-state index contributed by atoms with van der Waals surface area (Å²) in [5.74, 6) is -2.21. The lowest BCUT2D eigenvalue weighted by molar-refractivity contribution is -0.137. The van der Waals surface area contributed by atoms with E-state index < -0.39 is 29.0 Å². The van der Waals surface area contributed by atoms with Gasteiger partial charge < -0.3 is 14.5 Å². The Morgan fingerprint density at radius 1 is 1.24 bits per heavy atom. The maximum atomic E-state index is 12.0. The van der Waals surface area contributed by atoms with Crippen molar-refractivity contribution in [3.8, 4) is 5.75 Å². The molecule has 2 rings (SSSR count). The van der Waals surface area contributed by atoms with Gasteiger partial charge in [-0.2, -0.15) is 0 Å². The molecule has 8 heteroatoms. The zero-order valence-electron chi connectivity index (χ0n) is 11.7. The van der Waals surface area contributed by atoms with Gasteiger partial charge >= 0.3 is 11.9 Å². The van der Waals surface area contributed by atoms with Crippen LogP contribution in [-0.4, -0.2) is 34.0 Å². The molecule has 0 bridgehead atoms. The van der Waals surface area contributed by atoms with Gasteiger partial charge in [-0.1, -0.05) is 13.8 Å². The molecule has 0 aromatic carbocycles. The Balaban J connectivity index is 2.75. The molecule has 0 unspecified atom stereocenters. The number of carbonyl (C=O) groups excluding carboxylic acids is 2. The molecule has 21 heavy (non-hydrogen) atoms. The fourth-order valence-corrected chi connectivity index (χ4v) is 1.59. The summed E-state index contributed by atoms with van der Waals surface area (Å²) in [4.78, 5) is 45.9. The van der Waals surface area contributed by atoms with E-state index in [4.69, 9.17) is 4.74 Å². The molecule has 1 N–H and O–H groups in total. The molecule has 2 heterocycles. The Morgan fingerprint density at radius 3 is 2.52 bits per heavy atom. The number of carbonyl (C=O) groups is 2. The van der Waals surface area contributed by atoms with Gasteiger partial charge in [0.25, 0.3) is 5.56 Å². The van der Waals surface area contributed by atoms with Crippen LogP contribution in [0.2, 0.25) is 0 Å². The molecule has 0 aliphatic heterocycles. The number of methoxy groups -OCH3 is 1. The summed E-state index contributed by atoms with van der Waals surface area (Å²) in [6, 6.07) is 0. The van der Waals surface area contributed by atoms with Crippen molar-refractivity contribution < 1.29 is 19.1 Å². The van der Waals surface area contributed by atoms with Gasteiger partial charge in [0.05, 0.1) is 13.0 Å². The van der Waals surface area contributed by atoms with Gasteiger partial charge in [0, 0.05) is 12.4 Å². The van der Waals surface area contributed by atoms with Crippen molar-refractivity contribution >= 4 is 23.1 Å². The molecule has 0 fully saturated rings. The monoisotopic (exact) mass is 291 g/mol. The minimum atomic E-state index is -0.921. The number of rotatable bonds is 3. The number of aromatic amines is 1. The van der Waals surface area contributed by atoms with Crippen molar-refractivity contribution in [3.63, 3.8) is 0 Å². The first kappa shape index (κ1) is 14.6. The van der Waals surface area contributed by atoms with Crippen LogP contribution < -0.4 is 10.3 Å². The Labute approximate surface area is 119 Å². The number of H-pyrrole nitrogens is 1. The molecule has 8 nitrogen and oxygen atoms in total. The number of ether oxygens (including phenoxy) is 2. The number of esters is 2. The Hall–Kier alpha value is -2.77. The van der Waals surface area contributed by atoms with E-state index in [1.807, 2.05) is 0 Å². The standard InChI is InChI=1S/C13H13N3O5/c1-6(2)12(18)21-9-7(13(19)20-3)11(17)16-10-8(9)14-4-5-15-10/h4-6H,1-3H3,(H,15,16,17). The van der Waals surface area contributed by atoms with Crippen LogP contribution in [-0.2, 0) is 9.53 Å². The molecule has 110 valence electrons.